The van der Waals surface area contributed by atoms with Gasteiger partial charge < -0.3 is 20.9 Å². The summed E-state index contributed by atoms with van der Waals surface area (Å²) >= 11 is 0. The number of nitrogens with two attached hydrogens (primary N) is 2. The van der Waals surface area contributed by atoms with Crippen molar-refractivity contribution in [2.75, 3.05) is 0 Å². The van der Waals surface area contributed by atoms with Gasteiger partial charge in [0.1, 0.15) is 0 Å². The van der Waals surface area contributed by atoms with Gasteiger partial charge in [-0.25, -0.2) is 4.79 Å². The molecule has 2 aliphatic carbocycles. The van der Waals surface area contributed by atoms with Crippen molar-refractivity contribution < 1.29 is 14.3 Å². The molecule has 180 valence electrons. The fraction of sp³-hybridized carbons (Fsp3) is 0.414. The van der Waals surface area contributed by atoms with Crippen molar-refractivity contribution in [2.24, 2.45) is 11.5 Å². The van der Waals surface area contributed by atoms with Gasteiger partial charge in [-0.3, -0.25) is 0 Å². The third kappa shape index (κ3) is 5.11. The molecule has 0 aliphatic heterocycles. The molecule has 0 saturated heterocycles. The van der Waals surface area contributed by atoms with Crippen molar-refractivity contribution in [1.29, 1.82) is 0 Å². The predicted molar refractivity (Wildman–Crippen MR) is 135 cm³/mol. The predicted octanol–water partition coefficient (Wildman–Crippen LogP) is 5.85. The van der Waals surface area contributed by atoms with Crippen LogP contribution in [-0.4, -0.2) is 18.2 Å². The molecular weight excluding hydrogens is 424 g/mol. The molecule has 0 heterocycles. The van der Waals surface area contributed by atoms with Gasteiger partial charge in [0.05, 0.1) is 0 Å². The topological polar surface area (TPSA) is 87.6 Å². The zero-order valence-electron chi connectivity index (χ0n) is 19.8. The van der Waals surface area contributed by atoms with Gasteiger partial charge >= 0.3 is 6.16 Å². The number of ether oxygens (including phenoxy) is 2. The Morgan fingerprint density at radius 2 is 1.03 bits per heavy atom. The van der Waals surface area contributed by atoms with Gasteiger partial charge in [0, 0.05) is 12.1 Å². The molecule has 0 fully saturated rings. The Labute approximate surface area is 202 Å². The number of carbonyl (C=O) groups excluding carboxylic acids is 1. The Morgan fingerprint density at radius 1 is 0.647 bits per heavy atom. The summed E-state index contributed by atoms with van der Waals surface area (Å²) < 4.78 is 12.6. The van der Waals surface area contributed by atoms with Crippen LogP contribution in [0.15, 0.2) is 85.0 Å². The Bertz CT molecular complexity index is 911. The van der Waals surface area contributed by atoms with Gasteiger partial charge in [-0.15, -0.1) is 0 Å². The molecule has 0 amide bonds. The molecule has 2 aromatic rings. The van der Waals surface area contributed by atoms with Crippen molar-refractivity contribution in [3.8, 4) is 0 Å². The summed E-state index contributed by atoms with van der Waals surface area (Å²) in [6.07, 6.45) is 13.7. The van der Waals surface area contributed by atoms with Crippen LogP contribution in [0.1, 0.15) is 62.5 Å². The first-order valence-electron chi connectivity index (χ1n) is 12.4. The molecule has 34 heavy (non-hydrogen) atoms. The lowest BCUT2D eigenvalue weighted by Crippen LogP contribution is -2.52. The van der Waals surface area contributed by atoms with Crippen LogP contribution in [0.5, 0.6) is 0 Å². The van der Waals surface area contributed by atoms with Crippen LogP contribution in [0.3, 0.4) is 0 Å². The van der Waals surface area contributed by atoms with Crippen LogP contribution in [0.2, 0.25) is 0 Å². The number of rotatable bonds is 4. The fourth-order valence-corrected chi connectivity index (χ4v) is 5.30. The second-order valence-corrected chi connectivity index (χ2v) is 9.35. The Kier molecular flexibility index (Phi) is 7.86. The van der Waals surface area contributed by atoms with E-state index in [0.29, 0.717) is 25.7 Å². The maximum absolute atomic E-state index is 13.6. The summed E-state index contributed by atoms with van der Waals surface area (Å²) in [7, 11) is 0. The molecule has 0 aromatic heterocycles. The SMILES string of the molecule is NC1CC/C=C/CCC1(OC(=O)OC1(c2ccccc2)CC/C=C/CCC1N)c1ccccc1. The first-order chi connectivity index (χ1) is 16.6. The molecule has 0 spiro atoms. The minimum absolute atomic E-state index is 0.353. The Morgan fingerprint density at radius 3 is 1.44 bits per heavy atom. The molecule has 4 rings (SSSR count). The summed E-state index contributed by atoms with van der Waals surface area (Å²) in [4.78, 5) is 13.6. The smallest absolute Gasteiger partial charge is 0.421 e. The number of benzene rings is 2. The molecule has 0 saturated carbocycles. The summed E-state index contributed by atoms with van der Waals surface area (Å²) in [5.74, 6) is 0. The van der Waals surface area contributed by atoms with E-state index in [1.54, 1.807) is 0 Å². The van der Waals surface area contributed by atoms with Crippen LogP contribution in [0.25, 0.3) is 0 Å². The van der Waals surface area contributed by atoms with Gasteiger partial charge in [0.2, 0.25) is 0 Å². The lowest BCUT2D eigenvalue weighted by Gasteiger charge is -2.42. The Hall–Kier alpha value is -2.89. The van der Waals surface area contributed by atoms with Crippen molar-refractivity contribution in [1.82, 2.24) is 0 Å². The fourth-order valence-electron chi connectivity index (χ4n) is 5.30. The van der Waals surface area contributed by atoms with Gasteiger partial charge in [-0.05, 0) is 62.5 Å². The van der Waals surface area contributed by atoms with Crippen LogP contribution >= 0.6 is 0 Å². The lowest BCUT2D eigenvalue weighted by molar-refractivity contribution is -0.110. The largest absolute Gasteiger partial charge is 0.510 e. The molecule has 5 heteroatoms. The lowest BCUT2D eigenvalue weighted by atomic mass is 9.79. The van der Waals surface area contributed by atoms with E-state index in [1.807, 2.05) is 60.7 Å². The van der Waals surface area contributed by atoms with E-state index in [2.05, 4.69) is 24.3 Å². The molecule has 5 nitrogen and oxygen atoms in total. The zero-order chi connectivity index (χ0) is 23.9. The second kappa shape index (κ2) is 11.0. The summed E-state index contributed by atoms with van der Waals surface area (Å²) in [5.41, 5.74) is 13.3. The zero-order valence-corrected chi connectivity index (χ0v) is 19.8. The van der Waals surface area contributed by atoms with Crippen LogP contribution < -0.4 is 11.5 Å². The van der Waals surface area contributed by atoms with E-state index in [0.717, 1.165) is 36.8 Å². The molecular formula is C29H36N2O3. The summed E-state index contributed by atoms with van der Waals surface area (Å²) in [6, 6.07) is 19.0. The minimum Gasteiger partial charge on any atom is -0.421 e. The van der Waals surface area contributed by atoms with E-state index < -0.39 is 17.4 Å². The van der Waals surface area contributed by atoms with Gasteiger partial charge in [0.15, 0.2) is 11.2 Å². The molecule has 0 radical (unpaired) electrons. The first kappa shape index (κ1) is 24.2. The average molecular weight is 461 g/mol. The maximum Gasteiger partial charge on any atom is 0.510 e. The van der Waals surface area contributed by atoms with E-state index in [-0.39, 0.29) is 12.1 Å². The molecule has 4 N–H and O–H groups in total. The van der Waals surface area contributed by atoms with E-state index in [9.17, 15) is 4.79 Å². The van der Waals surface area contributed by atoms with Crippen LogP contribution in [0, 0.1) is 0 Å². The molecule has 2 aromatic carbocycles. The average Bonchev–Trinajstić information content (AvgIpc) is 2.85. The van der Waals surface area contributed by atoms with Crippen molar-refractivity contribution in [3.05, 3.63) is 96.1 Å². The highest BCUT2D eigenvalue weighted by atomic mass is 16.7. The molecule has 2 aliphatic rings. The quantitative estimate of drug-likeness (QED) is 0.442. The second-order valence-electron chi connectivity index (χ2n) is 9.35. The van der Waals surface area contributed by atoms with Crippen LogP contribution in [0.4, 0.5) is 4.79 Å². The van der Waals surface area contributed by atoms with E-state index in [4.69, 9.17) is 20.9 Å². The molecule has 4 atom stereocenters. The van der Waals surface area contributed by atoms with Gasteiger partial charge in [0.25, 0.3) is 0 Å². The highest BCUT2D eigenvalue weighted by Gasteiger charge is 2.47. The number of allylic oxidation sites excluding steroid dienone is 4. The Balaban J connectivity index is 1.69. The van der Waals surface area contributed by atoms with Gasteiger partial charge in [-0.2, -0.15) is 0 Å². The van der Waals surface area contributed by atoms with Crippen molar-refractivity contribution >= 4 is 6.16 Å². The van der Waals surface area contributed by atoms with Gasteiger partial charge in [-0.1, -0.05) is 85.0 Å². The number of hydrogen-bond acceptors (Lipinski definition) is 5. The van der Waals surface area contributed by atoms with Crippen molar-refractivity contribution in [3.63, 3.8) is 0 Å². The highest BCUT2D eigenvalue weighted by Crippen LogP contribution is 2.41. The van der Waals surface area contributed by atoms with Crippen LogP contribution in [-0.2, 0) is 20.7 Å². The maximum atomic E-state index is 13.6. The van der Waals surface area contributed by atoms with Crippen molar-refractivity contribution in [2.45, 2.75) is 74.7 Å². The molecule has 4 unspecified atom stereocenters. The standard InChI is InChI=1S/C29H36N2O3/c30-25-19-11-1-3-13-21-28(25,23-15-7-5-8-16-23)33-27(32)34-29(24-17-9-6-10-18-24)22-14-4-2-12-20-26(29)31/h1-10,15-18,25-26H,11-14,19-22,30-31H2/b3-1+,4-2+. The normalized spacial score (nSPS) is 31.7. The highest BCUT2D eigenvalue weighted by molar-refractivity contribution is 5.62. The third-order valence-corrected chi connectivity index (χ3v) is 7.24. The monoisotopic (exact) mass is 460 g/mol. The van der Waals surface area contributed by atoms with E-state index in [1.165, 1.54) is 0 Å². The minimum atomic E-state index is -0.966. The molecule has 0 bridgehead atoms. The number of hydrogen-bond donors (Lipinski definition) is 2. The van der Waals surface area contributed by atoms with E-state index >= 15 is 0 Å². The first-order valence-corrected chi connectivity index (χ1v) is 12.4. The third-order valence-electron chi connectivity index (χ3n) is 7.24. The summed E-state index contributed by atoms with van der Waals surface area (Å²) in [5, 5.41) is 0. The number of carbonyl (C=O) groups is 1. The summed E-state index contributed by atoms with van der Waals surface area (Å²) in [6.45, 7) is 0.